The minimum absolute atomic E-state index is 0.0182. The number of hydrogen-bond donors (Lipinski definition) is 0. The van der Waals surface area contributed by atoms with Gasteiger partial charge in [0, 0.05) is 38.4 Å². The Balaban J connectivity index is 1.53. The van der Waals surface area contributed by atoms with Crippen LogP contribution in [-0.4, -0.2) is 60.1 Å². The second-order valence-corrected chi connectivity index (χ2v) is 7.35. The zero-order valence-corrected chi connectivity index (χ0v) is 16.6. The molecular formula is C18H16Cl2N4O5. The third-order valence-corrected chi connectivity index (χ3v) is 5.23. The van der Waals surface area contributed by atoms with E-state index in [2.05, 4.69) is 4.98 Å². The maximum Gasteiger partial charge on any atom is 0.286 e. The first kappa shape index (κ1) is 19.5. The number of carbonyl (C=O) groups excluding carboxylic acids is 1. The number of nitro benzene ring substituents is 1. The standard InChI is InChI=1S/C18H16Cl2N4O5/c19-11-7-13(20)17(21-10-11)22-1-3-23(4-2-22)18(25)12-8-15-16(29-6-5-28-15)9-14(12)24(26)27/h7-10H,1-6H2. The number of anilines is 1. The van der Waals surface area contributed by atoms with Crippen molar-refractivity contribution >= 4 is 40.6 Å². The van der Waals surface area contributed by atoms with E-state index in [1.807, 2.05) is 4.90 Å². The molecule has 0 N–H and O–H groups in total. The molecule has 0 radical (unpaired) electrons. The highest BCUT2D eigenvalue weighted by atomic mass is 35.5. The second-order valence-electron chi connectivity index (χ2n) is 6.51. The number of halogens is 2. The van der Waals surface area contributed by atoms with E-state index in [0.717, 1.165) is 0 Å². The normalized spacial score (nSPS) is 15.9. The number of hydrogen-bond acceptors (Lipinski definition) is 7. The molecule has 11 heteroatoms. The summed E-state index contributed by atoms with van der Waals surface area (Å²) in [5, 5.41) is 12.4. The third kappa shape index (κ3) is 3.88. The predicted molar refractivity (Wildman–Crippen MR) is 106 cm³/mol. The van der Waals surface area contributed by atoms with Crippen LogP contribution in [-0.2, 0) is 0 Å². The van der Waals surface area contributed by atoms with Crippen molar-refractivity contribution in [1.29, 1.82) is 0 Å². The molecular weight excluding hydrogens is 423 g/mol. The lowest BCUT2D eigenvalue weighted by molar-refractivity contribution is -0.385. The Morgan fingerprint density at radius 2 is 1.72 bits per heavy atom. The molecule has 0 unspecified atom stereocenters. The first-order chi connectivity index (χ1) is 13.9. The number of nitro groups is 1. The maximum atomic E-state index is 13.0. The van der Waals surface area contributed by atoms with Crippen molar-refractivity contribution in [2.75, 3.05) is 44.3 Å². The molecule has 0 aliphatic carbocycles. The Labute approximate surface area is 175 Å². The van der Waals surface area contributed by atoms with Crippen LogP contribution >= 0.6 is 23.2 Å². The zero-order chi connectivity index (χ0) is 20.5. The Hall–Kier alpha value is -2.78. The number of benzene rings is 1. The van der Waals surface area contributed by atoms with Gasteiger partial charge in [-0.15, -0.1) is 0 Å². The molecule has 0 saturated carbocycles. The number of piperazine rings is 1. The van der Waals surface area contributed by atoms with Crippen LogP contribution < -0.4 is 14.4 Å². The monoisotopic (exact) mass is 438 g/mol. The molecule has 0 spiro atoms. The SMILES string of the molecule is O=C(c1cc2c(cc1[N+](=O)[O-])OCCO2)N1CCN(c2ncc(Cl)cc2Cl)CC1. The molecule has 0 bridgehead atoms. The summed E-state index contributed by atoms with van der Waals surface area (Å²) in [6, 6.07) is 4.25. The molecule has 1 saturated heterocycles. The van der Waals surface area contributed by atoms with E-state index >= 15 is 0 Å². The van der Waals surface area contributed by atoms with Gasteiger partial charge in [-0.2, -0.15) is 0 Å². The highest BCUT2D eigenvalue weighted by Crippen LogP contribution is 2.37. The Kier molecular flexibility index (Phi) is 5.33. The van der Waals surface area contributed by atoms with Gasteiger partial charge in [-0.05, 0) is 6.07 Å². The first-order valence-electron chi connectivity index (χ1n) is 8.87. The number of pyridine rings is 1. The fourth-order valence-corrected chi connectivity index (χ4v) is 3.83. The Morgan fingerprint density at radius 3 is 2.34 bits per heavy atom. The van der Waals surface area contributed by atoms with Gasteiger partial charge >= 0.3 is 0 Å². The van der Waals surface area contributed by atoms with E-state index < -0.39 is 10.8 Å². The zero-order valence-electron chi connectivity index (χ0n) is 15.1. The summed E-state index contributed by atoms with van der Waals surface area (Å²) in [4.78, 5) is 31.7. The topological polar surface area (TPSA) is 98.0 Å². The van der Waals surface area contributed by atoms with Gasteiger partial charge < -0.3 is 19.3 Å². The van der Waals surface area contributed by atoms with Crippen molar-refractivity contribution in [3.63, 3.8) is 0 Å². The number of carbonyl (C=O) groups is 1. The highest BCUT2D eigenvalue weighted by Gasteiger charge is 2.31. The average Bonchev–Trinajstić information content (AvgIpc) is 2.72. The van der Waals surface area contributed by atoms with E-state index in [9.17, 15) is 14.9 Å². The van der Waals surface area contributed by atoms with Gasteiger partial charge in [0.1, 0.15) is 24.6 Å². The van der Waals surface area contributed by atoms with Crippen molar-refractivity contribution in [3.8, 4) is 11.5 Å². The fourth-order valence-electron chi connectivity index (χ4n) is 3.33. The lowest BCUT2D eigenvalue weighted by Crippen LogP contribution is -2.49. The van der Waals surface area contributed by atoms with Crippen LogP contribution in [0.1, 0.15) is 10.4 Å². The average molecular weight is 439 g/mol. The van der Waals surface area contributed by atoms with Gasteiger partial charge in [0.05, 0.1) is 21.0 Å². The molecule has 29 heavy (non-hydrogen) atoms. The number of rotatable bonds is 3. The van der Waals surface area contributed by atoms with E-state index in [1.165, 1.54) is 18.3 Å². The second kappa shape index (κ2) is 7.92. The molecule has 9 nitrogen and oxygen atoms in total. The smallest absolute Gasteiger partial charge is 0.286 e. The number of amides is 1. The summed E-state index contributed by atoms with van der Waals surface area (Å²) in [5.41, 5.74) is -0.320. The number of aromatic nitrogens is 1. The Bertz CT molecular complexity index is 979. The van der Waals surface area contributed by atoms with Crippen LogP contribution in [0.25, 0.3) is 0 Å². The molecule has 2 aromatic rings. The molecule has 3 heterocycles. The van der Waals surface area contributed by atoms with Crippen LogP contribution in [0.4, 0.5) is 11.5 Å². The van der Waals surface area contributed by atoms with E-state index in [1.54, 1.807) is 11.0 Å². The van der Waals surface area contributed by atoms with Gasteiger partial charge in [-0.25, -0.2) is 4.98 Å². The number of fused-ring (bicyclic) bond motifs is 1. The molecule has 1 aromatic carbocycles. The van der Waals surface area contributed by atoms with Crippen LogP contribution in [0, 0.1) is 10.1 Å². The van der Waals surface area contributed by atoms with Gasteiger partial charge in [0.15, 0.2) is 11.5 Å². The van der Waals surface area contributed by atoms with Gasteiger partial charge in [-0.1, -0.05) is 23.2 Å². The van der Waals surface area contributed by atoms with Crippen molar-refractivity contribution in [3.05, 3.63) is 50.1 Å². The summed E-state index contributed by atoms with van der Waals surface area (Å²) in [7, 11) is 0. The summed E-state index contributed by atoms with van der Waals surface area (Å²) >= 11 is 12.1. The van der Waals surface area contributed by atoms with Gasteiger partial charge in [-0.3, -0.25) is 14.9 Å². The lowest BCUT2D eigenvalue weighted by atomic mass is 10.1. The van der Waals surface area contributed by atoms with Crippen molar-refractivity contribution in [2.45, 2.75) is 0 Å². The fraction of sp³-hybridized carbons (Fsp3) is 0.333. The molecule has 1 amide bonds. The molecule has 1 fully saturated rings. The van der Waals surface area contributed by atoms with Gasteiger partial charge in [0.25, 0.3) is 11.6 Å². The third-order valence-electron chi connectivity index (χ3n) is 4.74. The van der Waals surface area contributed by atoms with Crippen LogP contribution in [0.3, 0.4) is 0 Å². The lowest BCUT2D eigenvalue weighted by Gasteiger charge is -2.35. The minimum Gasteiger partial charge on any atom is -0.486 e. The molecule has 152 valence electrons. The summed E-state index contributed by atoms with van der Waals surface area (Å²) in [6.07, 6.45) is 1.51. The maximum absolute atomic E-state index is 13.0. The molecule has 2 aliphatic heterocycles. The highest BCUT2D eigenvalue weighted by molar-refractivity contribution is 6.36. The van der Waals surface area contributed by atoms with E-state index in [-0.39, 0.29) is 17.0 Å². The Morgan fingerprint density at radius 1 is 1.07 bits per heavy atom. The van der Waals surface area contributed by atoms with Crippen molar-refractivity contribution < 1.29 is 19.2 Å². The minimum atomic E-state index is -0.584. The summed E-state index contributed by atoms with van der Waals surface area (Å²) in [6.45, 7) is 2.33. The molecule has 0 atom stereocenters. The van der Waals surface area contributed by atoms with Crippen molar-refractivity contribution in [1.82, 2.24) is 9.88 Å². The number of nitrogens with zero attached hydrogens (tertiary/aromatic N) is 4. The van der Waals surface area contributed by atoms with Crippen LogP contribution in [0.5, 0.6) is 11.5 Å². The molecule has 1 aromatic heterocycles. The van der Waals surface area contributed by atoms with E-state index in [4.69, 9.17) is 32.7 Å². The van der Waals surface area contributed by atoms with Crippen LogP contribution in [0.2, 0.25) is 10.0 Å². The first-order valence-corrected chi connectivity index (χ1v) is 9.63. The quantitative estimate of drug-likeness (QED) is 0.536. The molecule has 2 aliphatic rings. The predicted octanol–water partition coefficient (Wildman–Crippen LogP) is 3.03. The summed E-state index contributed by atoms with van der Waals surface area (Å²) in [5.74, 6) is 0.769. The number of ether oxygens (including phenoxy) is 2. The van der Waals surface area contributed by atoms with Crippen molar-refractivity contribution in [2.24, 2.45) is 0 Å². The van der Waals surface area contributed by atoms with Crippen LogP contribution in [0.15, 0.2) is 24.4 Å². The summed E-state index contributed by atoms with van der Waals surface area (Å²) < 4.78 is 10.9. The molecule has 4 rings (SSSR count). The van der Waals surface area contributed by atoms with Gasteiger partial charge in [0.2, 0.25) is 0 Å². The largest absolute Gasteiger partial charge is 0.486 e. The van der Waals surface area contributed by atoms with E-state index in [0.29, 0.717) is 61.0 Å².